The molecule has 0 aliphatic carbocycles. The zero-order valence-corrected chi connectivity index (χ0v) is 24.8. The number of benzene rings is 6. The number of hydrogen-bond donors (Lipinski definition) is 3. The van der Waals surface area contributed by atoms with Crippen molar-refractivity contribution in [1.82, 2.24) is 0 Å². The predicted molar refractivity (Wildman–Crippen MR) is 175 cm³/mol. The van der Waals surface area contributed by atoms with Crippen molar-refractivity contribution in [2.24, 2.45) is 0 Å². The maximum Gasteiger partial charge on any atom is 0.206 e. The zero-order valence-electron chi connectivity index (χ0n) is 23.1. The first-order valence-corrected chi connectivity index (χ1v) is 16.8. The minimum atomic E-state index is -3.59. The van der Waals surface area contributed by atoms with Crippen molar-refractivity contribution < 1.29 is 23.7 Å². The Morgan fingerprint density at radius 1 is 0.395 bits per heavy atom. The summed E-state index contributed by atoms with van der Waals surface area (Å²) >= 11 is 0. The first-order chi connectivity index (χ1) is 20.8. The average Bonchev–Trinajstić information content (AvgIpc) is 3.05. The van der Waals surface area contributed by atoms with E-state index in [4.69, 9.17) is 10.2 Å². The Kier molecular flexibility index (Phi) is 8.91. The molecule has 0 unspecified atom stereocenters. The lowest BCUT2D eigenvalue weighted by atomic mass is 10.3. The second kappa shape index (κ2) is 13.0. The molecule has 6 aromatic rings. The number of hydrogen-bond acceptors (Lipinski definition) is 5. The molecule has 0 bridgehead atoms. The van der Waals surface area contributed by atoms with E-state index in [-0.39, 0.29) is 21.3 Å². The van der Waals surface area contributed by atoms with Gasteiger partial charge in [-0.1, -0.05) is 66.7 Å². The first kappa shape index (κ1) is 29.6. The lowest BCUT2D eigenvalue weighted by Crippen LogP contribution is -2.38. The summed E-state index contributed by atoms with van der Waals surface area (Å²) < 4.78 is 24.2. The Hall–Kier alpha value is -4.90. The molecule has 6 rings (SSSR count). The normalized spacial score (nSPS) is 11.3. The number of sulfone groups is 1. The minimum Gasteiger partial charge on any atom is -0.508 e. The van der Waals surface area contributed by atoms with Crippen LogP contribution in [0.1, 0.15) is 0 Å². The molecule has 0 atom stereocenters. The molecule has 43 heavy (non-hydrogen) atoms. The van der Waals surface area contributed by atoms with Crippen molar-refractivity contribution in [1.29, 1.82) is 0 Å². The maximum atomic E-state index is 12.1. The van der Waals surface area contributed by atoms with Crippen molar-refractivity contribution in [2.75, 3.05) is 0 Å². The number of phenols is 3. The Bertz CT molecular complexity index is 1730. The van der Waals surface area contributed by atoms with Crippen LogP contribution in [0.15, 0.2) is 174 Å². The van der Waals surface area contributed by atoms with Crippen LogP contribution in [0.25, 0.3) is 0 Å². The molecule has 3 N–H and O–H groups in total. The van der Waals surface area contributed by atoms with Gasteiger partial charge in [-0.2, -0.15) is 0 Å². The summed E-state index contributed by atoms with van der Waals surface area (Å²) in [6.45, 7) is 0. The van der Waals surface area contributed by atoms with Crippen LogP contribution in [0, 0.1) is 0 Å². The zero-order chi connectivity index (χ0) is 30.3. The molecule has 7 heteroatoms. The fourth-order valence-corrected chi connectivity index (χ4v) is 10.5. The van der Waals surface area contributed by atoms with Gasteiger partial charge >= 0.3 is 0 Å². The van der Waals surface area contributed by atoms with Crippen molar-refractivity contribution in [3.63, 3.8) is 0 Å². The first-order valence-electron chi connectivity index (χ1n) is 13.5. The third-order valence-electron chi connectivity index (χ3n) is 6.97. The van der Waals surface area contributed by atoms with Crippen LogP contribution in [0.2, 0.25) is 0 Å². The lowest BCUT2D eigenvalue weighted by molar-refractivity contribution is 0.474. The van der Waals surface area contributed by atoms with E-state index in [2.05, 4.69) is 78.9 Å². The van der Waals surface area contributed by atoms with Gasteiger partial charge in [0.2, 0.25) is 9.84 Å². The van der Waals surface area contributed by atoms with Crippen LogP contribution < -0.4 is 21.2 Å². The van der Waals surface area contributed by atoms with Crippen molar-refractivity contribution >= 4 is 38.3 Å². The summed E-state index contributed by atoms with van der Waals surface area (Å²) in [5, 5.41) is 33.8. The quantitative estimate of drug-likeness (QED) is 0.204. The van der Waals surface area contributed by atoms with E-state index in [9.17, 15) is 13.5 Å². The highest BCUT2D eigenvalue weighted by atomic mass is 32.2. The number of para-hydroxylation sites is 1. The smallest absolute Gasteiger partial charge is 0.206 e. The molecule has 214 valence electrons. The van der Waals surface area contributed by atoms with Gasteiger partial charge in [-0.3, -0.25) is 0 Å². The highest BCUT2D eigenvalue weighted by molar-refractivity contribution is 8.01. The molecule has 0 spiro atoms. The van der Waals surface area contributed by atoms with E-state index in [1.807, 2.05) is 30.3 Å². The molecule has 0 amide bonds. The fraction of sp³-hybridized carbons (Fsp3) is 0. The van der Waals surface area contributed by atoms with Crippen molar-refractivity contribution in [3.05, 3.63) is 164 Å². The highest BCUT2D eigenvalue weighted by Crippen LogP contribution is 2.55. The van der Waals surface area contributed by atoms with Gasteiger partial charge in [0, 0.05) is 0 Å². The second-order valence-electron chi connectivity index (χ2n) is 9.66. The summed E-state index contributed by atoms with van der Waals surface area (Å²) in [4.78, 5) is 0.196. The fourth-order valence-electron chi connectivity index (χ4n) is 4.95. The lowest BCUT2D eigenvalue weighted by Gasteiger charge is -2.27. The molecule has 0 saturated heterocycles. The summed E-state index contributed by atoms with van der Waals surface area (Å²) in [5.41, 5.74) is 0. The van der Waals surface area contributed by atoms with Crippen molar-refractivity contribution in [3.8, 4) is 17.2 Å². The molecule has 0 fully saturated rings. The van der Waals surface area contributed by atoms with Crippen LogP contribution in [0.5, 0.6) is 17.2 Å². The molecule has 0 aliphatic heterocycles. The van der Waals surface area contributed by atoms with E-state index in [0.717, 1.165) is 5.30 Å². The molecular weight excluding hydrogens is 575 g/mol. The molecule has 0 saturated carbocycles. The van der Waals surface area contributed by atoms with Crippen LogP contribution in [-0.2, 0) is 9.84 Å². The van der Waals surface area contributed by atoms with E-state index >= 15 is 0 Å². The van der Waals surface area contributed by atoms with Crippen molar-refractivity contribution in [2.45, 2.75) is 9.79 Å². The molecule has 5 nitrogen and oxygen atoms in total. The maximum absolute atomic E-state index is 12.1. The standard InChI is InChI=1S/C24H19OP.C12H10O4S/c25-23-18-10-11-19-24(23)26(20-12-4-1-5-13-20,21-14-6-2-7-15-21)22-16-8-3-9-17-22;13-9-1-5-11(6-2-9)17(15,16)12-7-3-10(14)4-8-12/h1-19H;1-8,13-14H/p+1. The molecule has 0 aromatic heterocycles. The third-order valence-corrected chi connectivity index (χ3v) is 13.1. The van der Waals surface area contributed by atoms with Gasteiger partial charge in [-0.05, 0) is 97.1 Å². The number of rotatable bonds is 6. The SMILES string of the molecule is O=S(=O)(c1ccc(O)cc1)c1ccc(O)cc1.Oc1ccccc1[P+](c1ccccc1)(c1ccccc1)c1ccccc1. The van der Waals surface area contributed by atoms with E-state index < -0.39 is 17.1 Å². The largest absolute Gasteiger partial charge is 0.508 e. The van der Waals surface area contributed by atoms with Gasteiger partial charge in [-0.15, -0.1) is 0 Å². The number of aromatic hydroxyl groups is 3. The van der Waals surface area contributed by atoms with Gasteiger partial charge in [0.25, 0.3) is 0 Å². The monoisotopic (exact) mass is 605 g/mol. The Morgan fingerprint density at radius 3 is 1.07 bits per heavy atom. The van der Waals surface area contributed by atoms with Gasteiger partial charge in [0.05, 0.1) is 9.79 Å². The summed E-state index contributed by atoms with van der Waals surface area (Å²) in [6.07, 6.45) is 0. The van der Waals surface area contributed by atoms with Crippen LogP contribution in [-0.4, -0.2) is 23.7 Å². The third kappa shape index (κ3) is 6.17. The Balaban J connectivity index is 0.000000188. The van der Waals surface area contributed by atoms with Gasteiger partial charge in [0.1, 0.15) is 34.7 Å². The minimum absolute atomic E-state index is 0.00894. The van der Waals surface area contributed by atoms with Crippen LogP contribution in [0.3, 0.4) is 0 Å². The summed E-state index contributed by atoms with van der Waals surface area (Å²) in [6, 6.07) is 50.0. The highest BCUT2D eigenvalue weighted by Gasteiger charge is 2.49. The Labute approximate surface area is 252 Å². The van der Waals surface area contributed by atoms with Gasteiger partial charge in [-0.25, -0.2) is 8.42 Å². The summed E-state index contributed by atoms with van der Waals surface area (Å²) in [7, 11) is -5.79. The second-order valence-corrected chi connectivity index (χ2v) is 15.0. The van der Waals surface area contributed by atoms with Crippen LogP contribution >= 0.6 is 7.26 Å². The molecule has 0 radical (unpaired) electrons. The molecule has 6 aromatic carbocycles. The molecule has 0 heterocycles. The Morgan fingerprint density at radius 2 is 0.721 bits per heavy atom. The van der Waals surface area contributed by atoms with Gasteiger partial charge < -0.3 is 15.3 Å². The summed E-state index contributed by atoms with van der Waals surface area (Å²) in [5.74, 6) is 0.363. The molecular formula is C36H30O5PS+. The average molecular weight is 606 g/mol. The predicted octanol–water partition coefficient (Wildman–Crippen LogP) is 5.94. The number of phenolic OH excluding ortho intramolecular Hbond substituents is 3. The topological polar surface area (TPSA) is 94.8 Å². The van der Waals surface area contributed by atoms with E-state index in [1.54, 1.807) is 6.07 Å². The van der Waals surface area contributed by atoms with Gasteiger partial charge in [0.15, 0.2) is 11.1 Å². The molecule has 0 aliphatic rings. The van der Waals surface area contributed by atoms with E-state index in [0.29, 0.717) is 5.75 Å². The van der Waals surface area contributed by atoms with E-state index in [1.165, 1.54) is 64.4 Å². The van der Waals surface area contributed by atoms with Crippen LogP contribution in [0.4, 0.5) is 0 Å².